The van der Waals surface area contributed by atoms with Crippen molar-refractivity contribution in [1.29, 1.82) is 0 Å². The van der Waals surface area contributed by atoms with Crippen molar-refractivity contribution >= 4 is 5.91 Å². The average molecular weight is 210 g/mol. The van der Waals surface area contributed by atoms with E-state index in [1.54, 1.807) is 11.9 Å². The summed E-state index contributed by atoms with van der Waals surface area (Å²) < 4.78 is 5.36. The number of nitrogens with zero attached hydrogens (tertiary/aromatic N) is 1. The molecule has 0 aliphatic carbocycles. The molecule has 4 nitrogen and oxygen atoms in total. The van der Waals surface area contributed by atoms with Crippen LogP contribution < -0.4 is 5.32 Å². The Kier molecular flexibility index (Phi) is 4.37. The van der Waals surface area contributed by atoms with Crippen molar-refractivity contribution in [3.8, 4) is 0 Å². The highest BCUT2D eigenvalue weighted by Gasteiger charge is 2.05. The highest BCUT2D eigenvalue weighted by Crippen LogP contribution is 2.05. The lowest BCUT2D eigenvalue weighted by Crippen LogP contribution is -2.35. The van der Waals surface area contributed by atoms with Crippen LogP contribution in [0.15, 0.2) is 16.5 Å². The molecule has 1 aromatic heterocycles. The van der Waals surface area contributed by atoms with Crippen LogP contribution in [0.1, 0.15) is 18.4 Å². The highest BCUT2D eigenvalue weighted by molar-refractivity contribution is 5.77. The van der Waals surface area contributed by atoms with Gasteiger partial charge in [-0.1, -0.05) is 0 Å². The second-order valence-electron chi connectivity index (χ2n) is 3.52. The molecule has 84 valence electrons. The topological polar surface area (TPSA) is 45.5 Å². The molecule has 0 saturated heterocycles. The molecule has 1 amide bonds. The van der Waals surface area contributed by atoms with E-state index in [1.807, 2.05) is 26.0 Å². The molecule has 0 aliphatic rings. The predicted octanol–water partition coefficient (Wildman–Crippen LogP) is 1.16. The van der Waals surface area contributed by atoms with Crippen molar-refractivity contribution < 1.29 is 9.21 Å². The van der Waals surface area contributed by atoms with E-state index in [2.05, 4.69) is 5.32 Å². The third kappa shape index (κ3) is 3.75. The summed E-state index contributed by atoms with van der Waals surface area (Å²) in [5, 5.41) is 3.05. The molecule has 0 atom stereocenters. The zero-order valence-corrected chi connectivity index (χ0v) is 9.54. The number of carbonyl (C=O) groups excluding carboxylic acids is 1. The number of aryl methyl sites for hydroxylation is 1. The molecule has 1 rings (SSSR count). The maximum atomic E-state index is 11.4. The Labute approximate surface area is 90.3 Å². The number of nitrogens with one attached hydrogen (secondary N) is 1. The Morgan fingerprint density at radius 1 is 1.53 bits per heavy atom. The summed E-state index contributed by atoms with van der Waals surface area (Å²) in [4.78, 5) is 13.1. The van der Waals surface area contributed by atoms with Crippen molar-refractivity contribution in [2.75, 3.05) is 20.1 Å². The molecule has 0 aliphatic heterocycles. The Morgan fingerprint density at radius 3 is 2.80 bits per heavy atom. The molecule has 0 aromatic carbocycles. The van der Waals surface area contributed by atoms with Crippen LogP contribution in [0, 0.1) is 6.92 Å². The molecule has 1 aromatic rings. The van der Waals surface area contributed by atoms with Gasteiger partial charge < -0.3 is 14.6 Å². The van der Waals surface area contributed by atoms with Crippen LogP contribution >= 0.6 is 0 Å². The van der Waals surface area contributed by atoms with Crippen LogP contribution in [-0.2, 0) is 11.3 Å². The van der Waals surface area contributed by atoms with Crippen LogP contribution in [0.2, 0.25) is 0 Å². The zero-order chi connectivity index (χ0) is 11.3. The van der Waals surface area contributed by atoms with Gasteiger partial charge in [0.1, 0.15) is 11.5 Å². The van der Waals surface area contributed by atoms with E-state index in [0.717, 1.165) is 18.1 Å². The monoisotopic (exact) mass is 210 g/mol. The number of rotatable bonds is 5. The molecule has 0 radical (unpaired) electrons. The minimum absolute atomic E-state index is 0.0979. The summed E-state index contributed by atoms with van der Waals surface area (Å²) in [7, 11) is 1.79. The molecule has 0 saturated carbocycles. The Balaban J connectivity index is 2.24. The lowest BCUT2D eigenvalue weighted by Gasteiger charge is -2.14. The molecule has 0 unspecified atom stereocenters. The van der Waals surface area contributed by atoms with Gasteiger partial charge in [0.15, 0.2) is 0 Å². The smallest absolute Gasteiger partial charge is 0.236 e. The fourth-order valence-electron chi connectivity index (χ4n) is 1.18. The summed E-state index contributed by atoms with van der Waals surface area (Å²) in [6.45, 7) is 5.54. The molecule has 0 spiro atoms. The van der Waals surface area contributed by atoms with E-state index < -0.39 is 0 Å². The lowest BCUT2D eigenvalue weighted by molar-refractivity contribution is -0.128. The van der Waals surface area contributed by atoms with Gasteiger partial charge in [0.2, 0.25) is 5.91 Å². The third-order valence-electron chi connectivity index (χ3n) is 2.27. The number of hydrogen-bond donors (Lipinski definition) is 1. The number of furan rings is 1. The second-order valence-corrected chi connectivity index (χ2v) is 3.52. The summed E-state index contributed by atoms with van der Waals surface area (Å²) in [6, 6.07) is 3.83. The van der Waals surface area contributed by atoms with Gasteiger partial charge in [-0.05, 0) is 26.0 Å². The first-order chi connectivity index (χ1) is 7.13. The van der Waals surface area contributed by atoms with Gasteiger partial charge in [0.25, 0.3) is 0 Å². The van der Waals surface area contributed by atoms with Gasteiger partial charge >= 0.3 is 0 Å². The van der Waals surface area contributed by atoms with Gasteiger partial charge in [-0.3, -0.25) is 4.79 Å². The maximum Gasteiger partial charge on any atom is 0.236 e. The van der Waals surface area contributed by atoms with Crippen molar-refractivity contribution in [2.45, 2.75) is 20.4 Å². The van der Waals surface area contributed by atoms with Crippen molar-refractivity contribution in [1.82, 2.24) is 10.2 Å². The van der Waals surface area contributed by atoms with Gasteiger partial charge in [-0.2, -0.15) is 0 Å². The number of amides is 1. The van der Waals surface area contributed by atoms with E-state index in [-0.39, 0.29) is 5.91 Å². The van der Waals surface area contributed by atoms with Crippen LogP contribution in [0.3, 0.4) is 0 Å². The Morgan fingerprint density at radius 2 is 2.27 bits per heavy atom. The predicted molar refractivity (Wildman–Crippen MR) is 58.5 cm³/mol. The van der Waals surface area contributed by atoms with Gasteiger partial charge in [0.05, 0.1) is 13.1 Å². The zero-order valence-electron chi connectivity index (χ0n) is 9.54. The van der Waals surface area contributed by atoms with Crippen LogP contribution in [0.5, 0.6) is 0 Å². The largest absolute Gasteiger partial charge is 0.465 e. The summed E-state index contributed by atoms with van der Waals surface area (Å²) in [5.41, 5.74) is 0. The minimum Gasteiger partial charge on any atom is -0.465 e. The standard InChI is InChI=1S/C11H18N2O2/c1-4-13(3)11(14)8-12-7-10-6-5-9(2)15-10/h5-6,12H,4,7-8H2,1-3H3. The van der Waals surface area contributed by atoms with Crippen molar-refractivity contribution in [2.24, 2.45) is 0 Å². The number of likely N-dealkylation sites (N-methyl/N-ethyl adjacent to an activating group) is 1. The van der Waals surface area contributed by atoms with Gasteiger partial charge in [0, 0.05) is 13.6 Å². The first-order valence-electron chi connectivity index (χ1n) is 5.13. The average Bonchev–Trinajstić information content (AvgIpc) is 2.63. The summed E-state index contributed by atoms with van der Waals surface area (Å²) >= 11 is 0. The molecular weight excluding hydrogens is 192 g/mol. The maximum absolute atomic E-state index is 11.4. The fourth-order valence-corrected chi connectivity index (χ4v) is 1.18. The lowest BCUT2D eigenvalue weighted by atomic mass is 10.4. The first-order valence-corrected chi connectivity index (χ1v) is 5.13. The quantitative estimate of drug-likeness (QED) is 0.793. The minimum atomic E-state index is 0.0979. The summed E-state index contributed by atoms with van der Waals surface area (Å²) in [6.07, 6.45) is 0. The third-order valence-corrected chi connectivity index (χ3v) is 2.27. The molecule has 4 heteroatoms. The number of hydrogen-bond acceptors (Lipinski definition) is 3. The van der Waals surface area contributed by atoms with Gasteiger partial charge in [-0.25, -0.2) is 0 Å². The molecule has 0 fully saturated rings. The Bertz CT molecular complexity index is 320. The van der Waals surface area contributed by atoms with E-state index in [1.165, 1.54) is 0 Å². The summed E-state index contributed by atoms with van der Waals surface area (Å²) in [5.74, 6) is 1.85. The van der Waals surface area contributed by atoms with Crippen molar-refractivity contribution in [3.05, 3.63) is 23.7 Å². The van der Waals surface area contributed by atoms with Crippen molar-refractivity contribution in [3.63, 3.8) is 0 Å². The first kappa shape index (κ1) is 11.8. The molecule has 1 heterocycles. The second kappa shape index (κ2) is 5.56. The fraction of sp³-hybridized carbons (Fsp3) is 0.545. The molecule has 15 heavy (non-hydrogen) atoms. The SMILES string of the molecule is CCN(C)C(=O)CNCc1ccc(C)o1. The van der Waals surface area contributed by atoms with E-state index in [4.69, 9.17) is 4.42 Å². The van der Waals surface area contributed by atoms with E-state index in [0.29, 0.717) is 13.1 Å². The molecule has 1 N–H and O–H groups in total. The van der Waals surface area contributed by atoms with E-state index >= 15 is 0 Å². The van der Waals surface area contributed by atoms with Crippen LogP contribution in [-0.4, -0.2) is 30.9 Å². The van der Waals surface area contributed by atoms with Crippen LogP contribution in [0.25, 0.3) is 0 Å². The Hall–Kier alpha value is -1.29. The molecule has 0 bridgehead atoms. The van der Waals surface area contributed by atoms with Crippen LogP contribution in [0.4, 0.5) is 0 Å². The number of carbonyl (C=O) groups is 1. The van der Waals surface area contributed by atoms with E-state index in [9.17, 15) is 4.79 Å². The van der Waals surface area contributed by atoms with Gasteiger partial charge in [-0.15, -0.1) is 0 Å². The normalized spacial score (nSPS) is 10.3. The molecular formula is C11H18N2O2. The highest BCUT2D eigenvalue weighted by atomic mass is 16.3.